The number of hydrogen-bond acceptors (Lipinski definition) is 23. The molecular weight excluding hydrogens is 1070 g/mol. The topological polar surface area (TPSA) is 459 Å². The van der Waals surface area contributed by atoms with Crippen molar-refractivity contribution in [1.29, 1.82) is 0 Å². The van der Waals surface area contributed by atoms with Gasteiger partial charge in [0.2, 0.25) is 0 Å². The lowest BCUT2D eigenvalue weighted by Gasteiger charge is -2.14. The van der Waals surface area contributed by atoms with Gasteiger partial charge in [0.1, 0.15) is 48.9 Å². The molecule has 27 nitrogen and oxygen atoms in total. The highest BCUT2D eigenvalue weighted by Gasteiger charge is 2.29. The molecule has 5 aromatic rings. The van der Waals surface area contributed by atoms with Gasteiger partial charge in [-0.25, -0.2) is 16.8 Å². The number of nitrogen functional groups attached to an aromatic ring is 1. The molecule has 10 N–H and O–H groups in total. The maximum atomic E-state index is 13.1. The van der Waals surface area contributed by atoms with Crippen LogP contribution in [0.1, 0.15) is 0 Å². The SMILES string of the molecule is C=C(/C=C\C(=C)NS(=O)(=O)c1ccc(N=Nc2c(S(=O)(=O)O)cc3cc(S(=O)(=O)O)c(N=Nc4ccc(S(=O)(=O)CCSS(=O)(=O)O)cc4S(=O)(=O)O)c(N)c3c2O)cc1)N=Nc1ccc(O)cc1O. The lowest BCUT2D eigenvalue weighted by atomic mass is 10.1. The van der Waals surface area contributed by atoms with Crippen LogP contribution in [-0.4, -0.2) is 95.5 Å². The van der Waals surface area contributed by atoms with Crippen molar-refractivity contribution in [3.63, 3.8) is 0 Å². The fourth-order valence-corrected chi connectivity index (χ4v) is 12.1. The Hall–Kier alpha value is -6.73. The second-order valence-corrected chi connectivity index (χ2v) is 25.1. The fraction of sp³-hybridized carbons (Fsp3) is 0.0556. The summed E-state index contributed by atoms with van der Waals surface area (Å²) in [4.78, 5) is -4.89. The maximum Gasteiger partial charge on any atom is 0.319 e. The van der Waals surface area contributed by atoms with Crippen molar-refractivity contribution in [2.24, 2.45) is 30.7 Å². The Kier molecular flexibility index (Phi) is 15.7. The smallest absolute Gasteiger partial charge is 0.319 e. The molecule has 5 rings (SSSR count). The van der Waals surface area contributed by atoms with Crippen molar-refractivity contribution in [2.45, 2.75) is 24.5 Å². The van der Waals surface area contributed by atoms with Crippen molar-refractivity contribution in [3.8, 4) is 17.2 Å². The minimum Gasteiger partial charge on any atom is -0.508 e. The summed E-state index contributed by atoms with van der Waals surface area (Å²) >= 11 is 0. The summed E-state index contributed by atoms with van der Waals surface area (Å²) < 4.78 is 190. The zero-order valence-corrected chi connectivity index (χ0v) is 40.3. The van der Waals surface area contributed by atoms with Crippen LogP contribution in [0.15, 0.2) is 165 Å². The average Bonchev–Trinajstić information content (AvgIpc) is 3.22. The zero-order valence-electron chi connectivity index (χ0n) is 34.6. The molecule has 0 aliphatic carbocycles. The number of benzene rings is 5. The van der Waals surface area contributed by atoms with Crippen LogP contribution in [0.4, 0.5) is 34.1 Å². The van der Waals surface area contributed by atoms with Gasteiger partial charge in [-0.2, -0.15) is 43.9 Å². The molecule has 0 aliphatic heterocycles. The number of anilines is 1. The van der Waals surface area contributed by atoms with E-state index < -0.39 is 130 Å². The maximum absolute atomic E-state index is 13.1. The first-order valence-electron chi connectivity index (χ1n) is 18.2. The molecule has 0 aromatic heterocycles. The van der Waals surface area contributed by atoms with Crippen molar-refractivity contribution in [1.82, 2.24) is 4.72 Å². The van der Waals surface area contributed by atoms with E-state index in [0.29, 0.717) is 24.3 Å². The molecular formula is C36H32N8O19S7. The summed E-state index contributed by atoms with van der Waals surface area (Å²) in [6.45, 7) is 7.21. The van der Waals surface area contributed by atoms with E-state index in [1.165, 1.54) is 24.3 Å². The van der Waals surface area contributed by atoms with Crippen LogP contribution in [0, 0.1) is 0 Å². The highest BCUT2D eigenvalue weighted by atomic mass is 33.1. The summed E-state index contributed by atoms with van der Waals surface area (Å²) in [6, 6.07) is 10.6. The molecule has 0 heterocycles. The van der Waals surface area contributed by atoms with Crippen LogP contribution in [0.3, 0.4) is 0 Å². The molecule has 0 unspecified atom stereocenters. The summed E-state index contributed by atoms with van der Waals surface area (Å²) in [5.74, 6) is -3.49. The second kappa shape index (κ2) is 20.3. The number of phenolic OH excluding ortho intramolecular Hbond substituents is 3. The molecule has 70 heavy (non-hydrogen) atoms. The number of rotatable bonds is 19. The van der Waals surface area contributed by atoms with E-state index in [-0.39, 0.29) is 50.0 Å². The van der Waals surface area contributed by atoms with Crippen LogP contribution in [0.25, 0.3) is 10.8 Å². The Morgan fingerprint density at radius 2 is 1.19 bits per heavy atom. The summed E-state index contributed by atoms with van der Waals surface area (Å²) in [5, 5.41) is 51.4. The number of azo groups is 3. The number of sulfone groups is 1. The Balaban J connectivity index is 1.48. The van der Waals surface area contributed by atoms with E-state index in [4.69, 9.17) is 10.3 Å². The molecule has 0 saturated heterocycles. The van der Waals surface area contributed by atoms with Crippen LogP contribution in [0.2, 0.25) is 0 Å². The number of nitrogens with zero attached hydrogens (tertiary/aromatic N) is 6. The minimum absolute atomic E-state index is 0.000653. The molecule has 34 heteroatoms. The van der Waals surface area contributed by atoms with E-state index in [2.05, 4.69) is 48.6 Å². The second-order valence-electron chi connectivity index (χ2n) is 13.7. The summed E-state index contributed by atoms with van der Waals surface area (Å²) in [7, 11) is -29.9. The van der Waals surface area contributed by atoms with Gasteiger partial charge in [-0.3, -0.25) is 22.9 Å². The van der Waals surface area contributed by atoms with Gasteiger partial charge >= 0.3 is 9.15 Å². The number of allylic oxidation sites excluding steroid dienone is 2. The third kappa shape index (κ3) is 13.5. The normalized spacial score (nSPS) is 13.3. The van der Waals surface area contributed by atoms with Gasteiger partial charge in [-0.15, -0.1) is 20.5 Å². The molecule has 5 aromatic carbocycles. The summed E-state index contributed by atoms with van der Waals surface area (Å²) in [6.07, 6.45) is 2.41. The lowest BCUT2D eigenvalue weighted by Crippen LogP contribution is -2.21. The van der Waals surface area contributed by atoms with Gasteiger partial charge in [-0.1, -0.05) is 13.2 Å². The quantitative estimate of drug-likeness (QED) is 0.0149. The van der Waals surface area contributed by atoms with E-state index in [1.54, 1.807) is 0 Å². The molecule has 0 aliphatic rings. The standard InChI is InChI=1S/C36H32N8O19S7/c1-19(38-40-26-11-7-23(45)17-28(26)46)3-4-20(2)44-66(50,51)24-8-5-22(6-9-24)39-43-35-31(69(58,59)60)16-21-15-30(68(55,56)57)34(33(37)32(21)36(35)47)42-41-27-12-10-25(18-29(27)67(52,53)54)65(48,49)14-13-64-70(61,62)63/h3-12,15-18,44-47H,1-2,13-14,37H2,(H,52,53,54)(H,55,56,57)(H,58,59,60)(H,61,62,63)/b4-3-,40-38?,42-41?,43-39?. The van der Waals surface area contributed by atoms with Gasteiger partial charge < -0.3 is 21.1 Å². The van der Waals surface area contributed by atoms with Crippen molar-refractivity contribution < 1.29 is 84.0 Å². The third-order valence-corrected chi connectivity index (χ3v) is 16.8. The van der Waals surface area contributed by atoms with Gasteiger partial charge in [0.15, 0.2) is 15.6 Å². The van der Waals surface area contributed by atoms with Gasteiger partial charge in [0.05, 0.1) is 38.0 Å². The number of nitrogens with two attached hydrogens (primary N) is 1. The Bertz CT molecular complexity index is 3830. The molecule has 0 saturated carbocycles. The number of nitrogens with one attached hydrogen (secondary N) is 1. The van der Waals surface area contributed by atoms with E-state index >= 15 is 0 Å². The first kappa shape index (κ1) is 54.2. The first-order valence-corrected chi connectivity index (χ1v) is 28.6. The van der Waals surface area contributed by atoms with Gasteiger partial charge in [0.25, 0.3) is 40.4 Å². The minimum atomic E-state index is -5.45. The number of hydrogen-bond donors (Lipinski definition) is 9. The van der Waals surface area contributed by atoms with E-state index in [1.807, 2.05) is 0 Å². The lowest BCUT2D eigenvalue weighted by molar-refractivity contribution is 0.451. The Labute approximate surface area is 400 Å². The van der Waals surface area contributed by atoms with Crippen LogP contribution < -0.4 is 10.5 Å². The molecule has 0 fully saturated rings. The van der Waals surface area contributed by atoms with Crippen LogP contribution in [-0.2, 0) is 59.4 Å². The predicted molar refractivity (Wildman–Crippen MR) is 249 cm³/mol. The molecule has 0 spiro atoms. The molecule has 372 valence electrons. The Morgan fingerprint density at radius 1 is 0.629 bits per heavy atom. The van der Waals surface area contributed by atoms with Crippen molar-refractivity contribution >= 4 is 115 Å². The molecule has 0 radical (unpaired) electrons. The number of phenols is 3. The number of aromatic hydroxyl groups is 3. The molecule has 0 amide bonds. The fourth-order valence-electron chi connectivity index (χ4n) is 5.56. The van der Waals surface area contributed by atoms with Gasteiger partial charge in [0, 0.05) is 17.5 Å². The monoisotopic (exact) mass is 1100 g/mol. The Morgan fingerprint density at radius 3 is 1.76 bits per heavy atom. The third-order valence-electron chi connectivity index (χ3n) is 8.68. The highest BCUT2D eigenvalue weighted by molar-refractivity contribution is 8.70. The number of sulfonamides is 1. The highest BCUT2D eigenvalue weighted by Crippen LogP contribution is 2.48. The zero-order chi connectivity index (χ0) is 52.4. The molecule has 0 bridgehead atoms. The first-order chi connectivity index (χ1) is 32.2. The van der Waals surface area contributed by atoms with Crippen molar-refractivity contribution in [2.75, 3.05) is 17.2 Å². The average molecular weight is 1110 g/mol. The van der Waals surface area contributed by atoms with E-state index in [9.17, 15) is 79.5 Å². The van der Waals surface area contributed by atoms with Crippen molar-refractivity contribution in [3.05, 3.63) is 110 Å². The van der Waals surface area contributed by atoms with Crippen LogP contribution >= 0.6 is 10.8 Å². The van der Waals surface area contributed by atoms with Crippen LogP contribution in [0.5, 0.6) is 17.2 Å². The van der Waals surface area contributed by atoms with E-state index in [0.717, 1.165) is 36.4 Å². The summed E-state index contributed by atoms with van der Waals surface area (Å²) in [5.41, 5.74) is 1.87. The molecule has 0 atom stereocenters. The largest absolute Gasteiger partial charge is 0.508 e. The van der Waals surface area contributed by atoms with Gasteiger partial charge in [-0.05, 0) is 95.1 Å². The predicted octanol–water partition coefficient (Wildman–Crippen LogP) is 6.07. The number of fused-ring (bicyclic) bond motifs is 1.